The number of allylic oxidation sites excluding steroid dienone is 4. The summed E-state index contributed by atoms with van der Waals surface area (Å²) in [6, 6.07) is 23.7. The molecular formula is C36H31NO6. The molecule has 0 bridgehead atoms. The number of hydrogen-bond donors (Lipinski definition) is 2. The number of phenolic OH excluding ortho intramolecular Hbond substituents is 1. The molecule has 0 radical (unpaired) electrons. The Bertz CT molecular complexity index is 1720. The number of ketones is 2. The van der Waals surface area contributed by atoms with Crippen LogP contribution in [0.3, 0.4) is 0 Å². The Morgan fingerprint density at radius 3 is 2.35 bits per heavy atom. The van der Waals surface area contributed by atoms with Gasteiger partial charge in [0.15, 0.2) is 23.1 Å². The van der Waals surface area contributed by atoms with E-state index >= 15 is 0 Å². The SMILES string of the molecule is CCOc1cc([C@H]2C3=CC[C@@H]4C(=O)NC(=O)[C@@H]4[C@@H]3C[C@H]3C(=O)C(c4ccccc4)=CC(=O)[C@@]23c2ccccc2)ccc1O. The standard InChI is InChI=1S/C36H31NO6/c1-2-43-29-17-21(13-16-28(29)38)32-23-14-15-24-31(35(42)37-34(24)41)26(23)18-27-33(40)25(20-9-5-3-6-10-20)19-30(39)36(27,32)22-11-7-4-8-12-22/h3-14,16-17,19,24,26-27,31-32,38H,2,15,18H2,1H3,(H,37,41,42)/t24-,26+,27-,31-,32-,36-/m0/s1. The van der Waals surface area contributed by atoms with Gasteiger partial charge in [0.05, 0.1) is 23.9 Å². The number of Topliss-reactive ketones (excluding diaryl/α,β-unsaturated/α-hetero) is 1. The zero-order chi connectivity index (χ0) is 29.9. The highest BCUT2D eigenvalue weighted by Gasteiger charge is 2.65. The monoisotopic (exact) mass is 573 g/mol. The van der Waals surface area contributed by atoms with Crippen molar-refractivity contribution in [2.24, 2.45) is 23.7 Å². The van der Waals surface area contributed by atoms with Crippen LogP contribution in [-0.2, 0) is 24.6 Å². The van der Waals surface area contributed by atoms with E-state index in [0.29, 0.717) is 35.3 Å². The van der Waals surface area contributed by atoms with Crippen LogP contribution in [-0.4, -0.2) is 35.1 Å². The molecule has 3 aromatic carbocycles. The van der Waals surface area contributed by atoms with E-state index in [1.165, 1.54) is 6.08 Å². The molecule has 43 heavy (non-hydrogen) atoms. The van der Waals surface area contributed by atoms with Gasteiger partial charge in [-0.25, -0.2) is 0 Å². The number of fused-ring (bicyclic) bond motifs is 4. The topological polar surface area (TPSA) is 110 Å². The zero-order valence-electron chi connectivity index (χ0n) is 23.7. The average molecular weight is 574 g/mol. The number of imide groups is 1. The summed E-state index contributed by atoms with van der Waals surface area (Å²) >= 11 is 0. The second kappa shape index (κ2) is 10.2. The molecule has 1 heterocycles. The van der Waals surface area contributed by atoms with Crippen LogP contribution in [0, 0.1) is 23.7 Å². The van der Waals surface area contributed by atoms with Gasteiger partial charge in [-0.15, -0.1) is 0 Å². The fourth-order valence-electron chi connectivity index (χ4n) is 8.14. The lowest BCUT2D eigenvalue weighted by molar-refractivity contribution is -0.135. The summed E-state index contributed by atoms with van der Waals surface area (Å²) in [5, 5.41) is 13.1. The number of hydrogen-bond acceptors (Lipinski definition) is 6. The molecule has 7 rings (SSSR count). The van der Waals surface area contributed by atoms with E-state index in [9.17, 15) is 24.3 Å². The molecule has 3 aromatic rings. The number of aromatic hydroxyl groups is 1. The molecule has 0 spiro atoms. The smallest absolute Gasteiger partial charge is 0.231 e. The summed E-state index contributed by atoms with van der Waals surface area (Å²) < 4.78 is 5.76. The Morgan fingerprint density at radius 2 is 1.63 bits per heavy atom. The minimum absolute atomic E-state index is 0.0287. The van der Waals surface area contributed by atoms with Crippen LogP contribution in [0.4, 0.5) is 0 Å². The van der Waals surface area contributed by atoms with E-state index in [2.05, 4.69) is 5.32 Å². The van der Waals surface area contributed by atoms with Crippen molar-refractivity contribution in [3.05, 3.63) is 113 Å². The number of ether oxygens (including phenoxy) is 1. The van der Waals surface area contributed by atoms with Crippen molar-refractivity contribution in [3.63, 3.8) is 0 Å². The van der Waals surface area contributed by atoms with Crippen molar-refractivity contribution in [3.8, 4) is 11.5 Å². The first kappa shape index (κ1) is 27.1. The van der Waals surface area contributed by atoms with E-state index in [0.717, 1.165) is 5.57 Å². The molecule has 1 aliphatic heterocycles. The van der Waals surface area contributed by atoms with Crippen molar-refractivity contribution in [2.75, 3.05) is 6.61 Å². The summed E-state index contributed by atoms with van der Waals surface area (Å²) in [7, 11) is 0. The minimum atomic E-state index is -1.31. The summed E-state index contributed by atoms with van der Waals surface area (Å²) in [5.74, 6) is -3.72. The quantitative estimate of drug-likeness (QED) is 0.332. The summed E-state index contributed by atoms with van der Waals surface area (Å²) in [5.41, 5.74) is 1.99. The molecule has 2 N–H and O–H groups in total. The number of amides is 2. The molecule has 7 nitrogen and oxygen atoms in total. The van der Waals surface area contributed by atoms with Gasteiger partial charge in [-0.05, 0) is 60.6 Å². The lowest BCUT2D eigenvalue weighted by Crippen LogP contribution is -2.58. The predicted molar refractivity (Wildman–Crippen MR) is 159 cm³/mol. The van der Waals surface area contributed by atoms with Gasteiger partial charge in [0, 0.05) is 17.4 Å². The van der Waals surface area contributed by atoms with Gasteiger partial charge in [-0.1, -0.05) is 78.4 Å². The van der Waals surface area contributed by atoms with Crippen LogP contribution in [0.5, 0.6) is 11.5 Å². The van der Waals surface area contributed by atoms with Crippen LogP contribution in [0.1, 0.15) is 42.4 Å². The molecule has 0 unspecified atom stereocenters. The molecule has 1 saturated carbocycles. The van der Waals surface area contributed by atoms with Gasteiger partial charge in [0.2, 0.25) is 11.8 Å². The second-order valence-corrected chi connectivity index (χ2v) is 11.8. The van der Waals surface area contributed by atoms with E-state index in [1.54, 1.807) is 18.2 Å². The molecule has 7 heteroatoms. The molecule has 6 atom stereocenters. The van der Waals surface area contributed by atoms with Crippen LogP contribution >= 0.6 is 0 Å². The fraction of sp³-hybridized carbons (Fsp3) is 0.278. The van der Waals surface area contributed by atoms with E-state index in [4.69, 9.17) is 4.74 Å². The fourth-order valence-corrected chi connectivity index (χ4v) is 8.14. The maximum Gasteiger partial charge on any atom is 0.231 e. The van der Waals surface area contributed by atoms with Gasteiger partial charge >= 0.3 is 0 Å². The molecule has 0 aromatic heterocycles. The van der Waals surface area contributed by atoms with Gasteiger partial charge in [-0.2, -0.15) is 0 Å². The van der Waals surface area contributed by atoms with Crippen LogP contribution in [0.2, 0.25) is 0 Å². The van der Waals surface area contributed by atoms with Crippen LogP contribution in [0.15, 0.2) is 96.6 Å². The first-order valence-corrected chi connectivity index (χ1v) is 14.8. The van der Waals surface area contributed by atoms with Gasteiger partial charge in [-0.3, -0.25) is 24.5 Å². The number of phenols is 1. The Morgan fingerprint density at radius 1 is 0.907 bits per heavy atom. The number of benzene rings is 3. The molecule has 216 valence electrons. The summed E-state index contributed by atoms with van der Waals surface area (Å²) in [6.07, 6.45) is 4.13. The highest BCUT2D eigenvalue weighted by Crippen LogP contribution is 2.63. The Labute approximate surface area is 249 Å². The van der Waals surface area contributed by atoms with Crippen LogP contribution < -0.4 is 10.1 Å². The maximum absolute atomic E-state index is 14.9. The average Bonchev–Trinajstić information content (AvgIpc) is 3.33. The van der Waals surface area contributed by atoms with Crippen molar-refractivity contribution in [2.45, 2.75) is 31.1 Å². The molecule has 1 saturated heterocycles. The summed E-state index contributed by atoms with van der Waals surface area (Å²) in [4.78, 5) is 55.7. The second-order valence-electron chi connectivity index (χ2n) is 11.8. The van der Waals surface area contributed by atoms with Crippen molar-refractivity contribution < 1.29 is 29.0 Å². The minimum Gasteiger partial charge on any atom is -0.504 e. The predicted octanol–water partition coefficient (Wildman–Crippen LogP) is 4.90. The van der Waals surface area contributed by atoms with E-state index in [1.807, 2.05) is 73.7 Å². The van der Waals surface area contributed by atoms with E-state index in [-0.39, 0.29) is 41.3 Å². The maximum atomic E-state index is 14.9. The Balaban J connectivity index is 1.53. The highest BCUT2D eigenvalue weighted by molar-refractivity contribution is 6.31. The molecule has 2 fully saturated rings. The lowest BCUT2D eigenvalue weighted by Gasteiger charge is -2.55. The number of carbonyl (C=O) groups excluding carboxylic acids is 4. The molecule has 2 amide bonds. The summed E-state index contributed by atoms with van der Waals surface area (Å²) in [6.45, 7) is 2.15. The molecular weight excluding hydrogens is 542 g/mol. The highest BCUT2D eigenvalue weighted by atomic mass is 16.5. The lowest BCUT2D eigenvalue weighted by atomic mass is 9.44. The first-order valence-electron chi connectivity index (χ1n) is 14.8. The molecule has 3 aliphatic carbocycles. The number of rotatable bonds is 5. The number of nitrogens with one attached hydrogen (secondary N) is 1. The van der Waals surface area contributed by atoms with Gasteiger partial charge in [0.25, 0.3) is 0 Å². The third kappa shape index (κ3) is 3.94. The van der Waals surface area contributed by atoms with Gasteiger partial charge in [0.1, 0.15) is 0 Å². The van der Waals surface area contributed by atoms with E-state index < -0.39 is 35.0 Å². The normalized spacial score (nSPS) is 29.6. The van der Waals surface area contributed by atoms with Crippen LogP contribution in [0.25, 0.3) is 5.57 Å². The van der Waals surface area contributed by atoms with Crippen molar-refractivity contribution >= 4 is 29.0 Å². The number of carbonyl (C=O) groups is 4. The Hall–Kier alpha value is -4.78. The van der Waals surface area contributed by atoms with Crippen molar-refractivity contribution in [1.82, 2.24) is 5.32 Å². The first-order chi connectivity index (χ1) is 20.9. The zero-order valence-corrected chi connectivity index (χ0v) is 23.7. The molecule has 4 aliphatic rings. The largest absolute Gasteiger partial charge is 0.504 e. The van der Waals surface area contributed by atoms with Gasteiger partial charge < -0.3 is 9.84 Å². The van der Waals surface area contributed by atoms with Crippen molar-refractivity contribution in [1.29, 1.82) is 0 Å². The third-order valence-electron chi connectivity index (χ3n) is 9.83. The Kier molecular flexibility index (Phi) is 6.42. The third-order valence-corrected chi connectivity index (χ3v) is 9.83.